The third-order valence-corrected chi connectivity index (χ3v) is 3.46. The van der Waals surface area contributed by atoms with Crippen molar-refractivity contribution in [2.45, 2.75) is 52.1 Å². The minimum atomic E-state index is 0.312. The van der Waals surface area contributed by atoms with Gasteiger partial charge in [-0.05, 0) is 24.3 Å². The summed E-state index contributed by atoms with van der Waals surface area (Å²) >= 11 is 0. The van der Waals surface area contributed by atoms with Gasteiger partial charge >= 0.3 is 0 Å². The highest BCUT2D eigenvalue weighted by atomic mass is 16.5. The summed E-state index contributed by atoms with van der Waals surface area (Å²) < 4.78 is 5.68. The Morgan fingerprint density at radius 2 is 1.59 bits per heavy atom. The highest BCUT2D eigenvalue weighted by Gasteiger charge is 2.24. The lowest BCUT2D eigenvalue weighted by Crippen LogP contribution is -2.17. The molecule has 0 N–H and O–H groups in total. The zero-order valence-electron chi connectivity index (χ0n) is 11.5. The maximum absolute atomic E-state index is 5.68. The lowest BCUT2D eigenvalue weighted by atomic mass is 9.82. The van der Waals surface area contributed by atoms with Gasteiger partial charge in [-0.1, -0.05) is 63.4 Å². The molecular formula is C16H26O. The van der Waals surface area contributed by atoms with Gasteiger partial charge in [0.1, 0.15) is 0 Å². The lowest BCUT2D eigenvalue weighted by molar-refractivity contribution is 0.0354. The minimum absolute atomic E-state index is 0.312. The van der Waals surface area contributed by atoms with E-state index in [0.717, 1.165) is 5.92 Å². The maximum Gasteiger partial charge on any atom is 0.0849 e. The number of benzene rings is 1. The van der Waals surface area contributed by atoms with Crippen LogP contribution in [0.25, 0.3) is 0 Å². The van der Waals surface area contributed by atoms with Gasteiger partial charge in [0.25, 0.3) is 0 Å². The highest BCUT2D eigenvalue weighted by molar-refractivity contribution is 5.18. The molecule has 1 aliphatic rings. The Hall–Kier alpha value is -0.820. The SMILES string of the molecule is CC.COC(c1ccccc1)C1CCCCC1. The molecule has 1 saturated carbocycles. The number of hydrogen-bond donors (Lipinski definition) is 0. The van der Waals surface area contributed by atoms with E-state index in [2.05, 4.69) is 30.3 Å². The van der Waals surface area contributed by atoms with Crippen LogP contribution in [0.4, 0.5) is 0 Å². The molecule has 96 valence electrons. The molecule has 0 heterocycles. The molecule has 1 aromatic carbocycles. The van der Waals surface area contributed by atoms with Crippen LogP contribution in [0.3, 0.4) is 0 Å². The van der Waals surface area contributed by atoms with Crippen LogP contribution in [0.15, 0.2) is 30.3 Å². The van der Waals surface area contributed by atoms with E-state index < -0.39 is 0 Å². The van der Waals surface area contributed by atoms with Crippen LogP contribution in [-0.2, 0) is 4.74 Å². The van der Waals surface area contributed by atoms with Gasteiger partial charge in [0.05, 0.1) is 6.10 Å². The Kier molecular flexibility index (Phi) is 6.95. The van der Waals surface area contributed by atoms with Crippen LogP contribution in [0.2, 0.25) is 0 Å². The van der Waals surface area contributed by atoms with Crippen molar-refractivity contribution < 1.29 is 4.74 Å². The zero-order chi connectivity index (χ0) is 12.5. The molecule has 0 bridgehead atoms. The first-order valence-electron chi connectivity index (χ1n) is 6.99. The predicted molar refractivity (Wildman–Crippen MR) is 74.1 cm³/mol. The Morgan fingerprint density at radius 1 is 1.00 bits per heavy atom. The predicted octanol–water partition coefficient (Wildman–Crippen LogP) is 4.98. The Labute approximate surface area is 106 Å². The van der Waals surface area contributed by atoms with E-state index in [0.29, 0.717) is 6.10 Å². The molecular weight excluding hydrogens is 208 g/mol. The van der Waals surface area contributed by atoms with E-state index in [1.807, 2.05) is 21.0 Å². The molecule has 1 aliphatic carbocycles. The first-order chi connectivity index (χ1) is 8.42. The molecule has 0 radical (unpaired) electrons. The minimum Gasteiger partial charge on any atom is -0.376 e. The molecule has 0 aliphatic heterocycles. The van der Waals surface area contributed by atoms with Gasteiger partial charge in [-0.2, -0.15) is 0 Å². The van der Waals surface area contributed by atoms with Crippen LogP contribution in [0.1, 0.15) is 57.6 Å². The second-order valence-corrected chi connectivity index (χ2v) is 4.47. The summed E-state index contributed by atoms with van der Waals surface area (Å²) in [6.45, 7) is 4.00. The summed E-state index contributed by atoms with van der Waals surface area (Å²) in [5.74, 6) is 0.728. The molecule has 17 heavy (non-hydrogen) atoms. The van der Waals surface area contributed by atoms with Crippen LogP contribution < -0.4 is 0 Å². The lowest BCUT2D eigenvalue weighted by Gasteiger charge is -2.29. The maximum atomic E-state index is 5.68. The van der Waals surface area contributed by atoms with E-state index in [-0.39, 0.29) is 0 Å². The van der Waals surface area contributed by atoms with Crippen molar-refractivity contribution in [1.29, 1.82) is 0 Å². The number of methoxy groups -OCH3 is 1. The van der Waals surface area contributed by atoms with Crippen molar-refractivity contribution in [1.82, 2.24) is 0 Å². The quantitative estimate of drug-likeness (QED) is 0.716. The second-order valence-electron chi connectivity index (χ2n) is 4.47. The van der Waals surface area contributed by atoms with E-state index in [1.165, 1.54) is 37.7 Å². The average Bonchev–Trinajstić information content (AvgIpc) is 2.44. The molecule has 1 atom stereocenters. The van der Waals surface area contributed by atoms with Crippen LogP contribution in [0.5, 0.6) is 0 Å². The molecule has 0 saturated heterocycles. The number of ether oxygens (including phenoxy) is 1. The first kappa shape index (κ1) is 14.2. The Morgan fingerprint density at radius 3 is 2.12 bits per heavy atom. The van der Waals surface area contributed by atoms with Crippen molar-refractivity contribution in [3.8, 4) is 0 Å². The molecule has 1 nitrogen and oxygen atoms in total. The van der Waals surface area contributed by atoms with Gasteiger partial charge in [0.2, 0.25) is 0 Å². The monoisotopic (exact) mass is 234 g/mol. The summed E-state index contributed by atoms with van der Waals surface area (Å²) in [4.78, 5) is 0. The van der Waals surface area contributed by atoms with Crippen LogP contribution in [-0.4, -0.2) is 7.11 Å². The smallest absolute Gasteiger partial charge is 0.0849 e. The van der Waals surface area contributed by atoms with Gasteiger partial charge in [0.15, 0.2) is 0 Å². The molecule has 1 heteroatoms. The van der Waals surface area contributed by atoms with Gasteiger partial charge in [-0.3, -0.25) is 0 Å². The van der Waals surface area contributed by atoms with Gasteiger partial charge in [-0.15, -0.1) is 0 Å². The second kappa shape index (κ2) is 8.30. The third kappa shape index (κ3) is 4.16. The molecule has 0 amide bonds. The van der Waals surface area contributed by atoms with Crippen molar-refractivity contribution >= 4 is 0 Å². The molecule has 1 fully saturated rings. The Bertz CT molecular complexity index is 275. The van der Waals surface area contributed by atoms with Crippen molar-refractivity contribution in [3.05, 3.63) is 35.9 Å². The molecule has 2 rings (SSSR count). The highest BCUT2D eigenvalue weighted by Crippen LogP contribution is 2.36. The van der Waals surface area contributed by atoms with E-state index in [9.17, 15) is 0 Å². The van der Waals surface area contributed by atoms with Gasteiger partial charge in [-0.25, -0.2) is 0 Å². The standard InChI is InChI=1S/C14H20O.C2H6/c1-15-14(12-8-4-2-5-9-12)13-10-6-3-7-11-13;1-2/h2,4-5,8-9,13-14H,3,6-7,10-11H2,1H3;1-2H3. The zero-order valence-corrected chi connectivity index (χ0v) is 11.5. The number of hydrogen-bond acceptors (Lipinski definition) is 1. The topological polar surface area (TPSA) is 9.23 Å². The Balaban J connectivity index is 0.000000686. The van der Waals surface area contributed by atoms with Gasteiger partial charge in [0, 0.05) is 7.11 Å². The van der Waals surface area contributed by atoms with Crippen molar-refractivity contribution in [2.75, 3.05) is 7.11 Å². The van der Waals surface area contributed by atoms with Crippen molar-refractivity contribution in [3.63, 3.8) is 0 Å². The van der Waals surface area contributed by atoms with Crippen LogP contribution in [0, 0.1) is 5.92 Å². The first-order valence-corrected chi connectivity index (χ1v) is 6.99. The average molecular weight is 234 g/mol. The normalized spacial score (nSPS) is 18.1. The molecule has 0 spiro atoms. The van der Waals surface area contributed by atoms with E-state index >= 15 is 0 Å². The molecule has 1 aromatic rings. The molecule has 1 unspecified atom stereocenters. The van der Waals surface area contributed by atoms with Crippen molar-refractivity contribution in [2.24, 2.45) is 5.92 Å². The third-order valence-electron chi connectivity index (χ3n) is 3.46. The summed E-state index contributed by atoms with van der Waals surface area (Å²) in [6.07, 6.45) is 7.11. The van der Waals surface area contributed by atoms with E-state index in [1.54, 1.807) is 0 Å². The fourth-order valence-electron chi connectivity index (χ4n) is 2.68. The summed E-state index contributed by atoms with van der Waals surface area (Å²) in [7, 11) is 1.84. The molecule has 0 aromatic heterocycles. The fraction of sp³-hybridized carbons (Fsp3) is 0.625. The van der Waals surface area contributed by atoms with Crippen LogP contribution >= 0.6 is 0 Å². The summed E-state index contributed by atoms with van der Waals surface area (Å²) in [5, 5.41) is 0. The summed E-state index contributed by atoms with van der Waals surface area (Å²) in [6, 6.07) is 10.6. The number of rotatable bonds is 3. The van der Waals surface area contributed by atoms with Gasteiger partial charge < -0.3 is 4.74 Å². The largest absolute Gasteiger partial charge is 0.376 e. The van der Waals surface area contributed by atoms with E-state index in [4.69, 9.17) is 4.74 Å². The summed E-state index contributed by atoms with van der Waals surface area (Å²) in [5.41, 5.74) is 1.34. The fourth-order valence-corrected chi connectivity index (χ4v) is 2.68.